The van der Waals surface area contributed by atoms with Gasteiger partial charge in [-0.2, -0.15) is 0 Å². The smallest absolute Gasteiger partial charge is 0.247 e. The molecule has 2 heterocycles. The number of para-hydroxylation sites is 1. The molecule has 0 bridgehead atoms. The minimum atomic E-state index is -3.09. The Morgan fingerprint density at radius 3 is 2.55 bits per heavy atom. The summed E-state index contributed by atoms with van der Waals surface area (Å²) in [6.45, 7) is 0.384. The van der Waals surface area contributed by atoms with E-state index in [1.54, 1.807) is 11.0 Å². The second-order valence-corrected chi connectivity index (χ2v) is 9.50. The third-order valence-corrected chi connectivity index (χ3v) is 6.89. The molecular weight excluding hydrogens is 384 g/mol. The molecule has 0 aliphatic carbocycles. The number of amides is 1. The molecule has 0 spiro atoms. The zero-order valence-electron chi connectivity index (χ0n) is 15.9. The third kappa shape index (κ3) is 4.71. The molecule has 1 fully saturated rings. The fourth-order valence-corrected chi connectivity index (χ4v) is 5.35. The van der Waals surface area contributed by atoms with E-state index in [2.05, 4.69) is 4.98 Å². The number of hydrogen-bond donors (Lipinski definition) is 0. The molecule has 6 heteroatoms. The second-order valence-electron chi connectivity index (χ2n) is 7.27. The fourth-order valence-electron chi connectivity index (χ4n) is 3.62. The monoisotopic (exact) mass is 406 g/mol. The molecule has 29 heavy (non-hydrogen) atoms. The predicted molar refractivity (Wildman–Crippen MR) is 115 cm³/mol. The first-order valence-corrected chi connectivity index (χ1v) is 11.4. The maximum atomic E-state index is 13.0. The molecule has 1 saturated heterocycles. The van der Waals surface area contributed by atoms with E-state index in [-0.39, 0.29) is 23.5 Å². The number of hydrogen-bond acceptors (Lipinski definition) is 4. The van der Waals surface area contributed by atoms with Gasteiger partial charge in [-0.1, -0.05) is 54.6 Å². The average Bonchev–Trinajstić information content (AvgIpc) is 3.10. The van der Waals surface area contributed by atoms with E-state index >= 15 is 0 Å². The van der Waals surface area contributed by atoms with Crippen molar-refractivity contribution >= 4 is 32.7 Å². The lowest BCUT2D eigenvalue weighted by Crippen LogP contribution is -2.39. The third-order valence-electron chi connectivity index (χ3n) is 5.14. The Kier molecular flexibility index (Phi) is 5.45. The van der Waals surface area contributed by atoms with Gasteiger partial charge < -0.3 is 4.90 Å². The van der Waals surface area contributed by atoms with Crippen LogP contribution in [0.1, 0.15) is 17.7 Å². The summed E-state index contributed by atoms with van der Waals surface area (Å²) in [6.07, 6.45) is 3.66. The van der Waals surface area contributed by atoms with Crippen LogP contribution >= 0.6 is 0 Å². The van der Waals surface area contributed by atoms with Crippen molar-refractivity contribution < 1.29 is 13.2 Å². The van der Waals surface area contributed by atoms with Gasteiger partial charge in [0.15, 0.2) is 9.84 Å². The number of benzene rings is 2. The predicted octanol–water partition coefficient (Wildman–Crippen LogP) is 3.46. The van der Waals surface area contributed by atoms with Gasteiger partial charge in [-0.05, 0) is 30.2 Å². The number of carbonyl (C=O) groups excluding carboxylic acids is 1. The van der Waals surface area contributed by atoms with Crippen molar-refractivity contribution in [3.63, 3.8) is 0 Å². The largest absolute Gasteiger partial charge is 0.331 e. The zero-order chi connectivity index (χ0) is 20.3. The summed E-state index contributed by atoms with van der Waals surface area (Å²) >= 11 is 0. The van der Waals surface area contributed by atoms with Gasteiger partial charge in [0.2, 0.25) is 5.91 Å². The van der Waals surface area contributed by atoms with Crippen molar-refractivity contribution in [3.05, 3.63) is 84.1 Å². The van der Waals surface area contributed by atoms with Gasteiger partial charge in [-0.15, -0.1) is 0 Å². The number of pyridine rings is 1. The summed E-state index contributed by atoms with van der Waals surface area (Å²) in [5, 5.41) is 1.04. The summed E-state index contributed by atoms with van der Waals surface area (Å²) < 4.78 is 23.9. The highest BCUT2D eigenvalue weighted by atomic mass is 32.2. The van der Waals surface area contributed by atoms with E-state index in [4.69, 9.17) is 0 Å². The molecule has 5 nitrogen and oxygen atoms in total. The maximum Gasteiger partial charge on any atom is 0.247 e. The van der Waals surface area contributed by atoms with Crippen LogP contribution in [0, 0.1) is 0 Å². The highest BCUT2D eigenvalue weighted by Crippen LogP contribution is 2.21. The lowest BCUT2D eigenvalue weighted by atomic mass is 10.1. The Hall–Kier alpha value is -2.99. The molecule has 0 radical (unpaired) electrons. The van der Waals surface area contributed by atoms with Crippen molar-refractivity contribution in [1.82, 2.24) is 9.88 Å². The summed E-state index contributed by atoms with van der Waals surface area (Å²) in [5.74, 6) is -0.0503. The molecule has 4 rings (SSSR count). The van der Waals surface area contributed by atoms with Gasteiger partial charge in [0.05, 0.1) is 22.7 Å². The average molecular weight is 407 g/mol. The lowest BCUT2D eigenvalue weighted by Gasteiger charge is -2.27. The van der Waals surface area contributed by atoms with E-state index in [0.29, 0.717) is 18.7 Å². The van der Waals surface area contributed by atoms with E-state index in [1.807, 2.05) is 66.7 Å². The van der Waals surface area contributed by atoms with Crippen molar-refractivity contribution in [3.8, 4) is 0 Å². The van der Waals surface area contributed by atoms with Gasteiger partial charge >= 0.3 is 0 Å². The number of aromatic nitrogens is 1. The van der Waals surface area contributed by atoms with Gasteiger partial charge in [0.25, 0.3) is 0 Å². The van der Waals surface area contributed by atoms with Crippen molar-refractivity contribution in [2.75, 3.05) is 11.5 Å². The van der Waals surface area contributed by atoms with Crippen molar-refractivity contribution in [2.24, 2.45) is 0 Å². The molecule has 1 aromatic heterocycles. The number of fused-ring (bicyclic) bond motifs is 1. The normalized spacial score (nSPS) is 18.3. The maximum absolute atomic E-state index is 13.0. The van der Waals surface area contributed by atoms with E-state index in [9.17, 15) is 13.2 Å². The number of sulfone groups is 1. The Morgan fingerprint density at radius 2 is 1.79 bits per heavy atom. The minimum Gasteiger partial charge on any atom is -0.331 e. The summed E-state index contributed by atoms with van der Waals surface area (Å²) in [5.41, 5.74) is 2.53. The highest BCUT2D eigenvalue weighted by Gasteiger charge is 2.34. The summed E-state index contributed by atoms with van der Waals surface area (Å²) in [4.78, 5) is 19.2. The van der Waals surface area contributed by atoms with Crippen LogP contribution in [0.4, 0.5) is 0 Å². The van der Waals surface area contributed by atoms with Crippen LogP contribution in [0.3, 0.4) is 0 Å². The Labute approximate surface area is 170 Å². The zero-order valence-corrected chi connectivity index (χ0v) is 16.8. The molecule has 1 atom stereocenters. The Bertz CT molecular complexity index is 1160. The fraction of sp³-hybridized carbons (Fsp3) is 0.217. The quantitative estimate of drug-likeness (QED) is 0.609. The molecule has 1 aliphatic rings. The van der Waals surface area contributed by atoms with Crippen molar-refractivity contribution in [2.45, 2.75) is 19.0 Å². The topological polar surface area (TPSA) is 67.3 Å². The molecule has 148 valence electrons. The number of carbonyl (C=O) groups is 1. The first kappa shape index (κ1) is 19.3. The van der Waals surface area contributed by atoms with Crippen LogP contribution in [-0.2, 0) is 21.2 Å². The van der Waals surface area contributed by atoms with Crippen LogP contribution in [-0.4, -0.2) is 41.8 Å². The standard InChI is InChI=1S/C23H22N2O3S/c26-23(13-12-20-11-10-19-8-4-5-9-22(19)24-20)25(16-18-6-2-1-3-7-18)21-14-15-29(27,28)17-21/h1-13,21H,14-17H2. The van der Waals surface area contributed by atoms with Crippen molar-refractivity contribution in [1.29, 1.82) is 0 Å². The Morgan fingerprint density at radius 1 is 1.03 bits per heavy atom. The molecule has 2 aromatic carbocycles. The SMILES string of the molecule is O=C(C=Cc1ccc2ccccc2n1)N(Cc1ccccc1)C1CCS(=O)(=O)C1. The van der Waals surface area contributed by atoms with E-state index < -0.39 is 9.84 Å². The molecule has 3 aromatic rings. The first-order chi connectivity index (χ1) is 14.0. The van der Waals surface area contributed by atoms with Crippen LogP contribution in [0.15, 0.2) is 72.8 Å². The molecule has 1 aliphatic heterocycles. The molecule has 0 N–H and O–H groups in total. The first-order valence-electron chi connectivity index (χ1n) is 9.59. The highest BCUT2D eigenvalue weighted by molar-refractivity contribution is 7.91. The molecule has 1 unspecified atom stereocenters. The molecule has 0 saturated carbocycles. The van der Waals surface area contributed by atoms with Crippen LogP contribution in [0.5, 0.6) is 0 Å². The summed E-state index contributed by atoms with van der Waals surface area (Å²) in [7, 11) is -3.09. The second kappa shape index (κ2) is 8.17. The van der Waals surface area contributed by atoms with Crippen LogP contribution in [0.25, 0.3) is 17.0 Å². The summed E-state index contributed by atoms with van der Waals surface area (Å²) in [6, 6.07) is 21.0. The molecule has 1 amide bonds. The van der Waals surface area contributed by atoms with Gasteiger partial charge in [-0.3, -0.25) is 4.79 Å². The Balaban J connectivity index is 1.57. The number of rotatable bonds is 5. The minimum absolute atomic E-state index is 0.0215. The lowest BCUT2D eigenvalue weighted by molar-refractivity contribution is -0.128. The van der Waals surface area contributed by atoms with Crippen LogP contribution in [0.2, 0.25) is 0 Å². The van der Waals surface area contributed by atoms with Gasteiger partial charge in [-0.25, -0.2) is 13.4 Å². The van der Waals surface area contributed by atoms with E-state index in [1.165, 1.54) is 6.08 Å². The number of nitrogens with zero attached hydrogens (tertiary/aromatic N) is 2. The van der Waals surface area contributed by atoms with Gasteiger partial charge in [0.1, 0.15) is 0 Å². The van der Waals surface area contributed by atoms with E-state index in [0.717, 1.165) is 16.5 Å². The van der Waals surface area contributed by atoms with Crippen LogP contribution < -0.4 is 0 Å². The van der Waals surface area contributed by atoms with Gasteiger partial charge in [0, 0.05) is 24.0 Å². The molecular formula is C23H22N2O3S.